The smallest absolute Gasteiger partial charge is 0.153 e. The zero-order valence-corrected chi connectivity index (χ0v) is 22.3. The predicted molar refractivity (Wildman–Crippen MR) is 148 cm³/mol. The number of aromatic nitrogens is 1. The lowest BCUT2D eigenvalue weighted by Crippen LogP contribution is -2.25. The fourth-order valence-electron chi connectivity index (χ4n) is 3.56. The summed E-state index contributed by atoms with van der Waals surface area (Å²) in [5.74, 6) is 6.73. The first kappa shape index (κ1) is 29.1. The van der Waals surface area contributed by atoms with Gasteiger partial charge in [0.05, 0.1) is 5.56 Å². The number of nitrogens with zero attached hydrogens (tertiary/aromatic N) is 2. The summed E-state index contributed by atoms with van der Waals surface area (Å²) in [7, 11) is 3.25. The third-order valence-electron chi connectivity index (χ3n) is 5.28. The van der Waals surface area contributed by atoms with E-state index in [2.05, 4.69) is 26.5 Å². The van der Waals surface area contributed by atoms with Crippen LogP contribution in [0.3, 0.4) is 0 Å². The third-order valence-corrected chi connectivity index (χ3v) is 5.53. The molecule has 0 spiro atoms. The van der Waals surface area contributed by atoms with E-state index >= 15 is 0 Å². The molecule has 0 aliphatic carbocycles. The van der Waals surface area contributed by atoms with E-state index < -0.39 is 0 Å². The van der Waals surface area contributed by atoms with E-state index in [0.717, 1.165) is 42.6 Å². The second-order valence-corrected chi connectivity index (χ2v) is 8.30. The van der Waals surface area contributed by atoms with Crippen molar-refractivity contribution in [3.8, 4) is 28.7 Å². The molecular formula is C30H35ClN2O3. The number of hydrogen-bond acceptors (Lipinski definition) is 5. The Balaban J connectivity index is 0.000000850. The van der Waals surface area contributed by atoms with E-state index in [1.165, 1.54) is 12.8 Å². The molecule has 5 nitrogen and oxygen atoms in total. The highest BCUT2D eigenvalue weighted by Crippen LogP contribution is 2.21. The van der Waals surface area contributed by atoms with E-state index in [9.17, 15) is 4.79 Å². The second kappa shape index (κ2) is 16.5. The number of hydrogen-bond donors (Lipinski definition) is 0. The van der Waals surface area contributed by atoms with E-state index in [1.54, 1.807) is 26.5 Å². The Hall–Kier alpha value is -3.17. The van der Waals surface area contributed by atoms with Gasteiger partial charge in [-0.25, -0.2) is 4.98 Å². The van der Waals surface area contributed by atoms with Crippen molar-refractivity contribution in [2.24, 2.45) is 0 Å². The minimum atomic E-state index is 0.513. The van der Waals surface area contributed by atoms with E-state index in [1.807, 2.05) is 62.4 Å². The van der Waals surface area contributed by atoms with Crippen LogP contribution in [0, 0.1) is 11.8 Å². The number of carbonyl (C=O) groups is 1. The van der Waals surface area contributed by atoms with Gasteiger partial charge in [0.15, 0.2) is 6.29 Å². The maximum atomic E-state index is 11.5. The van der Waals surface area contributed by atoms with Crippen molar-refractivity contribution >= 4 is 17.9 Å². The van der Waals surface area contributed by atoms with Crippen LogP contribution in [0.2, 0.25) is 5.02 Å². The number of methoxy groups -OCH3 is 1. The molecule has 0 saturated carbocycles. The molecule has 3 aromatic rings. The molecule has 0 N–H and O–H groups in total. The average Bonchev–Trinajstić information content (AvgIpc) is 3.44. The van der Waals surface area contributed by atoms with Gasteiger partial charge in [-0.05, 0) is 73.8 Å². The van der Waals surface area contributed by atoms with Crippen molar-refractivity contribution < 1.29 is 14.3 Å². The van der Waals surface area contributed by atoms with Crippen LogP contribution < -0.4 is 4.74 Å². The Kier molecular flexibility index (Phi) is 13.3. The molecule has 1 aliphatic heterocycles. The average molecular weight is 507 g/mol. The maximum Gasteiger partial charge on any atom is 0.153 e. The van der Waals surface area contributed by atoms with Crippen LogP contribution in [0.5, 0.6) is 5.75 Å². The second-order valence-electron chi connectivity index (χ2n) is 7.86. The number of likely N-dealkylation sites (tertiary alicyclic amines) is 1. The summed E-state index contributed by atoms with van der Waals surface area (Å²) in [4.78, 5) is 18.3. The monoisotopic (exact) mass is 506 g/mol. The lowest BCUT2D eigenvalue weighted by atomic mass is 10.1. The molecule has 0 radical (unpaired) electrons. The first-order valence-corrected chi connectivity index (χ1v) is 12.6. The lowest BCUT2D eigenvalue weighted by Gasteiger charge is -2.15. The number of pyridine rings is 1. The highest BCUT2D eigenvalue weighted by atomic mass is 35.5. The van der Waals surface area contributed by atoms with Crippen molar-refractivity contribution in [2.75, 3.05) is 40.5 Å². The molecule has 1 aliphatic rings. The van der Waals surface area contributed by atoms with Crippen LogP contribution in [0.15, 0.2) is 60.8 Å². The maximum absolute atomic E-state index is 11.5. The first-order valence-electron chi connectivity index (χ1n) is 12.2. The Morgan fingerprint density at radius 1 is 0.972 bits per heavy atom. The van der Waals surface area contributed by atoms with Gasteiger partial charge in [-0.1, -0.05) is 49.6 Å². The molecule has 0 bridgehead atoms. The van der Waals surface area contributed by atoms with Crippen LogP contribution in [0.4, 0.5) is 0 Å². The summed E-state index contributed by atoms with van der Waals surface area (Å²) in [6.07, 6.45) is 5.12. The number of ether oxygens (including phenoxy) is 2. The van der Waals surface area contributed by atoms with Gasteiger partial charge in [-0.2, -0.15) is 0 Å². The van der Waals surface area contributed by atoms with Crippen LogP contribution in [-0.2, 0) is 4.74 Å². The summed E-state index contributed by atoms with van der Waals surface area (Å²) in [6.45, 7) is 7.73. The number of rotatable bonds is 6. The highest BCUT2D eigenvalue weighted by molar-refractivity contribution is 6.30. The topological polar surface area (TPSA) is 51.7 Å². The summed E-state index contributed by atoms with van der Waals surface area (Å²) in [5, 5.41) is 0.705. The third kappa shape index (κ3) is 9.47. The van der Waals surface area contributed by atoms with Crippen molar-refractivity contribution in [3.05, 3.63) is 82.6 Å². The van der Waals surface area contributed by atoms with Gasteiger partial charge in [0.25, 0.3) is 0 Å². The minimum Gasteiger partial charge on any atom is -0.492 e. The molecule has 4 rings (SSSR count). The molecule has 0 amide bonds. The lowest BCUT2D eigenvalue weighted by molar-refractivity contribution is 0.111. The number of halogens is 1. The predicted octanol–water partition coefficient (Wildman–Crippen LogP) is 6.38. The fourth-order valence-corrected chi connectivity index (χ4v) is 3.68. The van der Waals surface area contributed by atoms with Crippen LogP contribution in [0.1, 0.15) is 48.3 Å². The van der Waals surface area contributed by atoms with Gasteiger partial charge in [0, 0.05) is 43.1 Å². The molecule has 2 aromatic carbocycles. The van der Waals surface area contributed by atoms with Crippen LogP contribution in [0.25, 0.3) is 11.1 Å². The molecule has 1 saturated heterocycles. The Bertz CT molecular complexity index is 1110. The van der Waals surface area contributed by atoms with Gasteiger partial charge in [-0.3, -0.25) is 9.69 Å². The van der Waals surface area contributed by atoms with Crippen molar-refractivity contribution in [3.63, 3.8) is 0 Å². The molecule has 0 unspecified atom stereocenters. The normalized spacial score (nSPS) is 12.2. The molecule has 0 atom stereocenters. The molecule has 1 fully saturated rings. The Morgan fingerprint density at radius 3 is 2.25 bits per heavy atom. The SMILES string of the molecule is CC.COC.O=Cc1cc(C#Cc2ccc(-c3ccc(Cl)cc3)cn2)ccc1OCCN1CCCC1. The number of carbonyl (C=O) groups excluding carboxylic acids is 1. The van der Waals surface area contributed by atoms with Gasteiger partial charge >= 0.3 is 0 Å². The van der Waals surface area contributed by atoms with Gasteiger partial charge in [0.2, 0.25) is 0 Å². The zero-order chi connectivity index (χ0) is 26.2. The van der Waals surface area contributed by atoms with Crippen LogP contribution in [-0.4, -0.2) is 56.6 Å². The molecule has 2 heterocycles. The zero-order valence-electron chi connectivity index (χ0n) is 21.6. The first-order chi connectivity index (χ1) is 17.6. The Labute approximate surface area is 220 Å². The quantitative estimate of drug-likeness (QED) is 0.287. The molecular weight excluding hydrogens is 472 g/mol. The minimum absolute atomic E-state index is 0.513. The standard InChI is InChI=1S/C26H23ClN2O2.C2H6O.C2H6/c27-24-8-5-21(6-9-24)22-7-11-25(28-18-22)10-3-20-4-12-26(23(17-20)19-30)31-16-15-29-13-1-2-14-29;1-3-2;1-2/h4-9,11-12,17-19H,1-2,13-16H2;1-2H3;1-2H3. The van der Waals surface area contributed by atoms with E-state index in [-0.39, 0.29) is 0 Å². The number of benzene rings is 2. The largest absolute Gasteiger partial charge is 0.492 e. The van der Waals surface area contributed by atoms with Gasteiger partial charge < -0.3 is 9.47 Å². The van der Waals surface area contributed by atoms with Crippen LogP contribution >= 0.6 is 11.6 Å². The summed E-state index contributed by atoms with van der Waals surface area (Å²) in [6, 6.07) is 16.9. The van der Waals surface area contributed by atoms with Crippen molar-refractivity contribution in [1.29, 1.82) is 0 Å². The molecule has 190 valence electrons. The summed E-state index contributed by atoms with van der Waals surface area (Å²) in [5.41, 5.74) is 3.97. The highest BCUT2D eigenvalue weighted by Gasteiger charge is 2.11. The molecule has 1 aromatic heterocycles. The molecule has 6 heteroatoms. The summed E-state index contributed by atoms with van der Waals surface area (Å²) < 4.78 is 10.1. The van der Waals surface area contributed by atoms with Gasteiger partial charge in [0.1, 0.15) is 18.1 Å². The number of aldehydes is 1. The van der Waals surface area contributed by atoms with Crippen molar-refractivity contribution in [1.82, 2.24) is 9.88 Å². The molecule has 36 heavy (non-hydrogen) atoms. The van der Waals surface area contributed by atoms with E-state index in [4.69, 9.17) is 16.3 Å². The van der Waals surface area contributed by atoms with Gasteiger partial charge in [-0.15, -0.1) is 0 Å². The fraction of sp³-hybridized carbons (Fsp3) is 0.333. The van der Waals surface area contributed by atoms with E-state index in [0.29, 0.717) is 28.6 Å². The van der Waals surface area contributed by atoms with Crippen molar-refractivity contribution in [2.45, 2.75) is 26.7 Å². The summed E-state index contributed by atoms with van der Waals surface area (Å²) >= 11 is 5.94. The Morgan fingerprint density at radius 2 is 1.64 bits per heavy atom.